The van der Waals surface area contributed by atoms with Crippen molar-refractivity contribution in [1.29, 1.82) is 0 Å². The van der Waals surface area contributed by atoms with Crippen LogP contribution in [0.15, 0.2) is 16.6 Å². The molecule has 1 amide bonds. The van der Waals surface area contributed by atoms with E-state index in [4.69, 9.17) is 9.47 Å². The van der Waals surface area contributed by atoms with Crippen LogP contribution in [0.3, 0.4) is 0 Å². The summed E-state index contributed by atoms with van der Waals surface area (Å²) in [5.41, 5.74) is 0.626. The summed E-state index contributed by atoms with van der Waals surface area (Å²) in [6.45, 7) is 0.0276. The monoisotopic (exact) mass is 257 g/mol. The van der Waals surface area contributed by atoms with Crippen LogP contribution in [0.5, 0.6) is 11.5 Å². The Bertz CT molecular complexity index is 392. The van der Waals surface area contributed by atoms with E-state index in [0.29, 0.717) is 17.2 Å². The summed E-state index contributed by atoms with van der Waals surface area (Å²) in [6.07, 6.45) is 0. The van der Waals surface area contributed by atoms with Crippen LogP contribution in [0, 0.1) is 0 Å². The minimum atomic E-state index is -0.161. The van der Waals surface area contributed by atoms with Crippen molar-refractivity contribution in [3.63, 3.8) is 0 Å². The van der Waals surface area contributed by atoms with Crippen LogP contribution in [-0.4, -0.2) is 19.6 Å². The fourth-order valence-electron chi connectivity index (χ4n) is 1.27. The number of halogens is 1. The Labute approximate surface area is 89.3 Å². The molecule has 2 rings (SSSR count). The lowest BCUT2D eigenvalue weighted by atomic mass is 10.2. The highest BCUT2D eigenvalue weighted by atomic mass is 79.9. The summed E-state index contributed by atoms with van der Waals surface area (Å²) >= 11 is 3.32. The first-order chi connectivity index (χ1) is 6.72. The van der Waals surface area contributed by atoms with Gasteiger partial charge in [-0.2, -0.15) is 0 Å². The van der Waals surface area contributed by atoms with Gasteiger partial charge < -0.3 is 14.8 Å². The molecule has 0 atom stereocenters. The van der Waals surface area contributed by atoms with Gasteiger partial charge in [-0.25, -0.2) is 0 Å². The molecule has 4 nitrogen and oxygen atoms in total. The Kier molecular flexibility index (Phi) is 2.33. The predicted molar refractivity (Wildman–Crippen MR) is 54.8 cm³/mol. The lowest BCUT2D eigenvalue weighted by Crippen LogP contribution is -2.25. The van der Waals surface area contributed by atoms with Crippen LogP contribution in [0.4, 0.5) is 5.69 Å². The summed E-state index contributed by atoms with van der Waals surface area (Å²) in [6, 6.07) is 3.58. The fourth-order valence-corrected chi connectivity index (χ4v) is 1.68. The zero-order valence-corrected chi connectivity index (χ0v) is 9.05. The molecule has 0 unspecified atom stereocenters. The van der Waals surface area contributed by atoms with Gasteiger partial charge in [0.15, 0.2) is 18.1 Å². The minimum absolute atomic E-state index is 0.0276. The van der Waals surface area contributed by atoms with Gasteiger partial charge in [-0.15, -0.1) is 0 Å². The average molecular weight is 258 g/mol. The van der Waals surface area contributed by atoms with Gasteiger partial charge in [-0.3, -0.25) is 4.79 Å². The molecule has 1 aromatic rings. The van der Waals surface area contributed by atoms with Crippen LogP contribution >= 0.6 is 15.9 Å². The third kappa shape index (κ3) is 1.43. The van der Waals surface area contributed by atoms with E-state index in [-0.39, 0.29) is 12.5 Å². The summed E-state index contributed by atoms with van der Waals surface area (Å²) in [5, 5.41) is 2.71. The average Bonchev–Trinajstić information content (AvgIpc) is 2.19. The standard InChI is InChI=1S/C9H8BrNO3/c1-13-6-3-2-5(10)8-9(6)14-4-7(12)11-8/h2-3H,4H2,1H3,(H,11,12). The zero-order valence-electron chi connectivity index (χ0n) is 7.46. The highest BCUT2D eigenvalue weighted by molar-refractivity contribution is 9.10. The van der Waals surface area contributed by atoms with Crippen molar-refractivity contribution in [1.82, 2.24) is 0 Å². The molecule has 14 heavy (non-hydrogen) atoms. The van der Waals surface area contributed by atoms with E-state index in [2.05, 4.69) is 21.2 Å². The van der Waals surface area contributed by atoms with Crippen LogP contribution in [0.2, 0.25) is 0 Å². The summed E-state index contributed by atoms with van der Waals surface area (Å²) in [7, 11) is 1.56. The Balaban J connectivity index is 2.54. The summed E-state index contributed by atoms with van der Waals surface area (Å²) < 4.78 is 11.2. The van der Waals surface area contributed by atoms with E-state index < -0.39 is 0 Å². The highest BCUT2D eigenvalue weighted by Crippen LogP contribution is 2.42. The third-order valence-electron chi connectivity index (χ3n) is 1.90. The van der Waals surface area contributed by atoms with Crippen molar-refractivity contribution in [3.05, 3.63) is 16.6 Å². The van der Waals surface area contributed by atoms with Crippen molar-refractivity contribution in [2.24, 2.45) is 0 Å². The molecule has 74 valence electrons. The van der Waals surface area contributed by atoms with E-state index in [9.17, 15) is 4.79 Å². The first-order valence-corrected chi connectivity index (χ1v) is 4.81. The summed E-state index contributed by atoms with van der Waals surface area (Å²) in [5.74, 6) is 1.02. The largest absolute Gasteiger partial charge is 0.493 e. The van der Waals surface area contributed by atoms with Crippen LogP contribution < -0.4 is 14.8 Å². The van der Waals surface area contributed by atoms with Gasteiger partial charge in [-0.1, -0.05) is 0 Å². The number of carbonyl (C=O) groups excluding carboxylic acids is 1. The van der Waals surface area contributed by atoms with Crippen molar-refractivity contribution in [2.75, 3.05) is 19.0 Å². The Morgan fingerprint density at radius 2 is 2.36 bits per heavy atom. The molecule has 0 bridgehead atoms. The number of carbonyl (C=O) groups is 1. The van der Waals surface area contributed by atoms with Crippen LogP contribution in [0.1, 0.15) is 0 Å². The molecule has 1 aliphatic rings. The second-order valence-electron chi connectivity index (χ2n) is 2.79. The van der Waals surface area contributed by atoms with Crippen LogP contribution in [0.25, 0.3) is 0 Å². The molecule has 0 aromatic heterocycles. The molecule has 1 N–H and O–H groups in total. The Morgan fingerprint density at radius 3 is 3.07 bits per heavy atom. The van der Waals surface area contributed by atoms with Crippen molar-refractivity contribution >= 4 is 27.5 Å². The molecular formula is C9H8BrNO3. The fraction of sp³-hybridized carbons (Fsp3) is 0.222. The Morgan fingerprint density at radius 1 is 1.57 bits per heavy atom. The smallest absolute Gasteiger partial charge is 0.262 e. The molecule has 1 heterocycles. The molecule has 0 aliphatic carbocycles. The minimum Gasteiger partial charge on any atom is -0.493 e. The van der Waals surface area contributed by atoms with Gasteiger partial charge >= 0.3 is 0 Å². The topological polar surface area (TPSA) is 47.6 Å². The van der Waals surface area contributed by atoms with E-state index in [1.54, 1.807) is 19.2 Å². The van der Waals surface area contributed by atoms with Gasteiger partial charge in [-0.05, 0) is 28.1 Å². The van der Waals surface area contributed by atoms with Crippen LogP contribution in [-0.2, 0) is 4.79 Å². The first kappa shape index (κ1) is 9.33. The highest BCUT2D eigenvalue weighted by Gasteiger charge is 2.21. The number of amides is 1. The van der Waals surface area contributed by atoms with E-state index >= 15 is 0 Å². The first-order valence-electron chi connectivity index (χ1n) is 4.01. The second kappa shape index (κ2) is 3.49. The van der Waals surface area contributed by atoms with Crippen molar-refractivity contribution < 1.29 is 14.3 Å². The quantitative estimate of drug-likeness (QED) is 0.835. The van der Waals surface area contributed by atoms with Crippen molar-refractivity contribution in [3.8, 4) is 11.5 Å². The van der Waals surface area contributed by atoms with E-state index in [0.717, 1.165) is 4.47 Å². The maximum absolute atomic E-state index is 11.1. The summed E-state index contributed by atoms with van der Waals surface area (Å²) in [4.78, 5) is 11.1. The lowest BCUT2D eigenvalue weighted by molar-refractivity contribution is -0.118. The molecule has 0 saturated carbocycles. The normalized spacial score (nSPS) is 14.0. The van der Waals surface area contributed by atoms with Crippen molar-refractivity contribution in [2.45, 2.75) is 0 Å². The lowest BCUT2D eigenvalue weighted by Gasteiger charge is -2.20. The number of hydrogen-bond acceptors (Lipinski definition) is 3. The molecule has 0 spiro atoms. The van der Waals surface area contributed by atoms with E-state index in [1.165, 1.54) is 0 Å². The number of rotatable bonds is 1. The molecular weight excluding hydrogens is 250 g/mol. The maximum Gasteiger partial charge on any atom is 0.262 e. The van der Waals surface area contributed by atoms with E-state index in [1.807, 2.05) is 0 Å². The van der Waals surface area contributed by atoms with Gasteiger partial charge in [0.25, 0.3) is 5.91 Å². The SMILES string of the molecule is COc1ccc(Br)c2c1OCC(=O)N2. The molecule has 0 fully saturated rings. The molecule has 0 saturated heterocycles. The number of ether oxygens (including phenoxy) is 2. The zero-order chi connectivity index (χ0) is 10.1. The number of benzene rings is 1. The second-order valence-corrected chi connectivity index (χ2v) is 3.64. The number of hydrogen-bond donors (Lipinski definition) is 1. The molecule has 5 heteroatoms. The molecule has 1 aromatic carbocycles. The predicted octanol–water partition coefficient (Wildman–Crippen LogP) is 1.79. The van der Waals surface area contributed by atoms with Gasteiger partial charge in [0, 0.05) is 4.47 Å². The van der Waals surface area contributed by atoms with Gasteiger partial charge in [0.2, 0.25) is 0 Å². The number of fused-ring (bicyclic) bond motifs is 1. The molecule has 0 radical (unpaired) electrons. The number of nitrogens with one attached hydrogen (secondary N) is 1. The maximum atomic E-state index is 11.1. The van der Waals surface area contributed by atoms with Gasteiger partial charge in [0.1, 0.15) is 5.69 Å². The number of anilines is 1. The molecule has 1 aliphatic heterocycles. The third-order valence-corrected chi connectivity index (χ3v) is 2.56. The number of methoxy groups -OCH3 is 1. The van der Waals surface area contributed by atoms with Gasteiger partial charge in [0.05, 0.1) is 7.11 Å². The Hall–Kier alpha value is -1.23.